The quantitative estimate of drug-likeness (QED) is 0.678. The van der Waals surface area contributed by atoms with Crippen molar-refractivity contribution < 1.29 is 14.2 Å². The Morgan fingerprint density at radius 3 is 2.45 bits per heavy atom. The van der Waals surface area contributed by atoms with E-state index in [9.17, 15) is 5.26 Å². The van der Waals surface area contributed by atoms with Crippen molar-refractivity contribution in [1.29, 1.82) is 5.26 Å². The van der Waals surface area contributed by atoms with Crippen molar-refractivity contribution in [3.8, 4) is 23.3 Å². The van der Waals surface area contributed by atoms with Crippen LogP contribution in [0.5, 0.6) is 17.2 Å². The number of nitrogens with one attached hydrogen (secondary N) is 1. The van der Waals surface area contributed by atoms with Crippen LogP contribution in [0.15, 0.2) is 36.5 Å². The van der Waals surface area contributed by atoms with E-state index >= 15 is 0 Å². The second kappa shape index (κ2) is 8.70. The summed E-state index contributed by atoms with van der Waals surface area (Å²) in [7, 11) is 4.88. The van der Waals surface area contributed by atoms with Crippen LogP contribution in [0.3, 0.4) is 0 Å². The number of anilines is 1. The minimum atomic E-state index is 0.160. The minimum Gasteiger partial charge on any atom is -0.497 e. The van der Waals surface area contributed by atoms with Crippen molar-refractivity contribution in [2.24, 2.45) is 0 Å². The average molecular weight is 418 g/mol. The third-order valence-corrected chi connectivity index (χ3v) is 5.82. The van der Waals surface area contributed by atoms with Crippen molar-refractivity contribution >= 4 is 16.6 Å². The van der Waals surface area contributed by atoms with Gasteiger partial charge in [0, 0.05) is 36.6 Å². The molecular formula is C24H26N4O3. The van der Waals surface area contributed by atoms with Crippen molar-refractivity contribution in [3.63, 3.8) is 0 Å². The summed E-state index contributed by atoms with van der Waals surface area (Å²) < 4.78 is 16.3. The smallest absolute Gasteiger partial charge is 0.161 e. The molecule has 1 aliphatic heterocycles. The van der Waals surface area contributed by atoms with Crippen LogP contribution in [-0.4, -0.2) is 45.9 Å². The van der Waals surface area contributed by atoms with Gasteiger partial charge in [-0.25, -0.2) is 4.98 Å². The molecule has 0 saturated carbocycles. The Labute approximate surface area is 182 Å². The minimum absolute atomic E-state index is 0.160. The highest BCUT2D eigenvalue weighted by Gasteiger charge is 2.25. The highest BCUT2D eigenvalue weighted by molar-refractivity contribution is 5.98. The summed E-state index contributed by atoms with van der Waals surface area (Å²) in [4.78, 5) is 6.93. The maximum atomic E-state index is 9.60. The van der Waals surface area contributed by atoms with Crippen LogP contribution in [-0.2, 0) is 0 Å². The van der Waals surface area contributed by atoms with Crippen LogP contribution in [0.1, 0.15) is 22.7 Å². The molecule has 1 unspecified atom stereocenters. The molecule has 2 heterocycles. The molecule has 4 rings (SSSR count). The number of pyridine rings is 1. The molecule has 0 amide bonds. The Bertz CT molecular complexity index is 1160. The zero-order valence-corrected chi connectivity index (χ0v) is 18.2. The molecule has 0 bridgehead atoms. The molecule has 3 aromatic rings. The monoisotopic (exact) mass is 418 g/mol. The number of ether oxygens (including phenoxy) is 3. The Morgan fingerprint density at radius 1 is 1.06 bits per heavy atom. The first-order valence-corrected chi connectivity index (χ1v) is 10.2. The van der Waals surface area contributed by atoms with Gasteiger partial charge in [0.15, 0.2) is 11.5 Å². The normalized spacial score (nSPS) is 16.1. The molecule has 1 saturated heterocycles. The van der Waals surface area contributed by atoms with Gasteiger partial charge in [0.05, 0.1) is 32.9 Å². The van der Waals surface area contributed by atoms with Crippen molar-refractivity contribution in [2.75, 3.05) is 45.9 Å². The molecule has 0 radical (unpaired) electrons. The van der Waals surface area contributed by atoms with Gasteiger partial charge in [-0.1, -0.05) is 6.07 Å². The molecule has 7 nitrogen and oxygen atoms in total. The summed E-state index contributed by atoms with van der Waals surface area (Å²) in [6, 6.07) is 12.3. The lowest BCUT2D eigenvalue weighted by Crippen LogP contribution is -2.46. The molecule has 1 atom stereocenters. The van der Waals surface area contributed by atoms with E-state index in [0.717, 1.165) is 42.0 Å². The summed E-state index contributed by atoms with van der Waals surface area (Å²) >= 11 is 0. The third kappa shape index (κ3) is 3.82. The van der Waals surface area contributed by atoms with E-state index in [1.807, 2.05) is 18.2 Å². The molecule has 0 spiro atoms. The predicted molar refractivity (Wildman–Crippen MR) is 120 cm³/mol. The first kappa shape index (κ1) is 20.8. The van der Waals surface area contributed by atoms with Gasteiger partial charge >= 0.3 is 0 Å². The van der Waals surface area contributed by atoms with Gasteiger partial charge in [0.25, 0.3) is 0 Å². The van der Waals surface area contributed by atoms with Crippen molar-refractivity contribution in [3.05, 3.63) is 53.2 Å². The second-order valence-electron chi connectivity index (χ2n) is 7.54. The van der Waals surface area contributed by atoms with Crippen LogP contribution in [0.4, 0.5) is 5.82 Å². The lowest BCUT2D eigenvalue weighted by molar-refractivity contribution is 0.356. The predicted octanol–water partition coefficient (Wildman–Crippen LogP) is 3.59. The fraction of sp³-hybridized carbons (Fsp3) is 0.333. The number of piperazine rings is 1. The van der Waals surface area contributed by atoms with E-state index in [1.165, 1.54) is 11.1 Å². The van der Waals surface area contributed by atoms with Crippen molar-refractivity contribution in [1.82, 2.24) is 10.3 Å². The van der Waals surface area contributed by atoms with Crippen LogP contribution in [0.25, 0.3) is 10.8 Å². The van der Waals surface area contributed by atoms with E-state index in [4.69, 9.17) is 14.2 Å². The molecule has 7 heteroatoms. The van der Waals surface area contributed by atoms with E-state index in [1.54, 1.807) is 27.5 Å². The number of hydrogen-bond acceptors (Lipinski definition) is 7. The molecule has 1 fully saturated rings. The fourth-order valence-corrected chi connectivity index (χ4v) is 4.21. The van der Waals surface area contributed by atoms with E-state index in [-0.39, 0.29) is 6.04 Å². The second-order valence-corrected chi connectivity index (χ2v) is 7.54. The highest BCUT2D eigenvalue weighted by Crippen LogP contribution is 2.38. The van der Waals surface area contributed by atoms with Gasteiger partial charge < -0.3 is 24.4 Å². The Balaban J connectivity index is 1.75. The number of benzene rings is 2. The number of nitriles is 1. The summed E-state index contributed by atoms with van der Waals surface area (Å²) in [6.45, 7) is 4.50. The van der Waals surface area contributed by atoms with Crippen LogP contribution in [0, 0.1) is 18.3 Å². The van der Waals surface area contributed by atoms with Crippen LogP contribution in [0.2, 0.25) is 0 Å². The SMILES string of the molecule is COc1ccc(C2CN(c3ncc(C#N)c4cc(OC)c(OC)cc34)CCN2)c(C)c1. The number of aromatic nitrogens is 1. The van der Waals surface area contributed by atoms with E-state index < -0.39 is 0 Å². The molecule has 2 aromatic carbocycles. The third-order valence-electron chi connectivity index (χ3n) is 5.82. The maximum Gasteiger partial charge on any atom is 0.161 e. The van der Waals surface area contributed by atoms with Gasteiger partial charge in [0.1, 0.15) is 17.6 Å². The van der Waals surface area contributed by atoms with Gasteiger partial charge in [-0.3, -0.25) is 0 Å². The standard InChI is InChI=1S/C24H26N4O3/c1-15-9-17(29-2)5-6-18(15)21-14-28(8-7-26-21)24-20-11-23(31-4)22(30-3)10-19(20)16(12-25)13-27-24/h5-6,9-11,13,21,26H,7-8,14H2,1-4H3. The Hall–Kier alpha value is -3.50. The molecule has 1 aromatic heterocycles. The molecule has 31 heavy (non-hydrogen) atoms. The summed E-state index contributed by atoms with van der Waals surface area (Å²) in [5, 5.41) is 14.9. The lowest BCUT2D eigenvalue weighted by Gasteiger charge is -2.36. The lowest BCUT2D eigenvalue weighted by atomic mass is 9.98. The van der Waals surface area contributed by atoms with E-state index in [2.05, 4.69) is 40.3 Å². The molecule has 1 aliphatic rings. The van der Waals surface area contributed by atoms with Crippen LogP contribution < -0.4 is 24.4 Å². The first-order valence-electron chi connectivity index (χ1n) is 10.2. The van der Waals surface area contributed by atoms with Gasteiger partial charge in [-0.05, 0) is 42.3 Å². The van der Waals surface area contributed by atoms with Gasteiger partial charge in [-0.2, -0.15) is 5.26 Å². The number of hydrogen-bond donors (Lipinski definition) is 1. The average Bonchev–Trinajstić information content (AvgIpc) is 2.82. The number of nitrogens with zero attached hydrogens (tertiary/aromatic N) is 3. The zero-order chi connectivity index (χ0) is 22.0. The molecule has 1 N–H and O–H groups in total. The van der Waals surface area contributed by atoms with Gasteiger partial charge in [-0.15, -0.1) is 0 Å². The van der Waals surface area contributed by atoms with Gasteiger partial charge in [0.2, 0.25) is 0 Å². The zero-order valence-electron chi connectivity index (χ0n) is 18.2. The number of rotatable bonds is 5. The largest absolute Gasteiger partial charge is 0.497 e. The summed E-state index contributed by atoms with van der Waals surface area (Å²) in [5.41, 5.74) is 2.93. The topological polar surface area (TPSA) is 79.6 Å². The fourth-order valence-electron chi connectivity index (χ4n) is 4.21. The number of aryl methyl sites for hydroxylation is 1. The summed E-state index contributed by atoms with van der Waals surface area (Å²) in [6.07, 6.45) is 1.64. The van der Waals surface area contributed by atoms with E-state index in [0.29, 0.717) is 17.1 Å². The Kier molecular flexibility index (Phi) is 5.83. The van der Waals surface area contributed by atoms with Crippen LogP contribution >= 0.6 is 0 Å². The Morgan fingerprint density at radius 2 is 1.81 bits per heavy atom. The number of fused-ring (bicyclic) bond motifs is 1. The summed E-state index contributed by atoms with van der Waals surface area (Å²) in [5.74, 6) is 2.91. The number of methoxy groups -OCH3 is 3. The first-order chi connectivity index (χ1) is 15.1. The van der Waals surface area contributed by atoms with Crippen molar-refractivity contribution in [2.45, 2.75) is 13.0 Å². The molecule has 0 aliphatic carbocycles. The molecule has 160 valence electrons. The maximum absolute atomic E-state index is 9.60. The molecular weight excluding hydrogens is 392 g/mol. The highest BCUT2D eigenvalue weighted by atomic mass is 16.5.